The highest BCUT2D eigenvalue weighted by Crippen LogP contribution is 2.25. The summed E-state index contributed by atoms with van der Waals surface area (Å²) >= 11 is 0. The molecule has 0 aliphatic heterocycles. The Hall–Kier alpha value is -2.17. The number of benzene rings is 2. The summed E-state index contributed by atoms with van der Waals surface area (Å²) < 4.78 is 43.7. The summed E-state index contributed by atoms with van der Waals surface area (Å²) in [7, 11) is 0. The molecule has 2 N–H and O–H groups in total. The van der Waals surface area contributed by atoms with Crippen molar-refractivity contribution in [2.45, 2.75) is 0 Å². The number of nitrogen functional groups attached to an aromatic ring is 1. The summed E-state index contributed by atoms with van der Waals surface area (Å²) in [6, 6.07) is 6.63. The van der Waals surface area contributed by atoms with Crippen LogP contribution in [0.5, 0.6) is 11.5 Å². The van der Waals surface area contributed by atoms with Crippen molar-refractivity contribution in [3.05, 3.63) is 53.8 Å². The maximum absolute atomic E-state index is 13.0. The van der Waals surface area contributed by atoms with Crippen LogP contribution in [-0.4, -0.2) is 0 Å². The molecule has 2 aromatic carbocycles. The number of rotatable bonds is 2. The summed E-state index contributed by atoms with van der Waals surface area (Å²) in [6.45, 7) is 0. The third-order valence-electron chi connectivity index (χ3n) is 2.02. The lowest BCUT2D eigenvalue weighted by Crippen LogP contribution is -1.91. The van der Waals surface area contributed by atoms with Gasteiger partial charge in [0.05, 0.1) is 0 Å². The van der Waals surface area contributed by atoms with Crippen LogP contribution in [0.4, 0.5) is 18.9 Å². The Morgan fingerprint density at radius 3 is 2.24 bits per heavy atom. The van der Waals surface area contributed by atoms with Gasteiger partial charge in [0.2, 0.25) is 0 Å². The van der Waals surface area contributed by atoms with E-state index in [1.807, 2.05) is 0 Å². The predicted molar refractivity (Wildman–Crippen MR) is 57.2 cm³/mol. The van der Waals surface area contributed by atoms with Gasteiger partial charge in [0.25, 0.3) is 0 Å². The van der Waals surface area contributed by atoms with Gasteiger partial charge in [-0.05, 0) is 18.2 Å². The molecule has 2 nitrogen and oxygen atoms in total. The van der Waals surface area contributed by atoms with Gasteiger partial charge in [0.1, 0.15) is 17.3 Å². The normalized spacial score (nSPS) is 10.3. The molecule has 0 aliphatic rings. The van der Waals surface area contributed by atoms with Gasteiger partial charge in [-0.3, -0.25) is 0 Å². The number of anilines is 1. The van der Waals surface area contributed by atoms with E-state index in [-0.39, 0.29) is 17.2 Å². The van der Waals surface area contributed by atoms with E-state index in [2.05, 4.69) is 0 Å². The van der Waals surface area contributed by atoms with Crippen molar-refractivity contribution in [3.63, 3.8) is 0 Å². The molecule has 5 heteroatoms. The summed E-state index contributed by atoms with van der Waals surface area (Å²) in [5.74, 6) is -2.40. The lowest BCUT2D eigenvalue weighted by atomic mass is 10.3. The fourth-order valence-corrected chi connectivity index (χ4v) is 1.32. The van der Waals surface area contributed by atoms with Gasteiger partial charge in [-0.15, -0.1) is 0 Å². The molecule has 0 atom stereocenters. The second-order valence-corrected chi connectivity index (χ2v) is 3.40. The molecule has 0 unspecified atom stereocenters. The Bertz CT molecular complexity index is 537. The lowest BCUT2D eigenvalue weighted by molar-refractivity contribution is 0.458. The van der Waals surface area contributed by atoms with Crippen LogP contribution in [-0.2, 0) is 0 Å². The van der Waals surface area contributed by atoms with Crippen LogP contribution >= 0.6 is 0 Å². The molecule has 0 saturated heterocycles. The van der Waals surface area contributed by atoms with Crippen molar-refractivity contribution in [1.29, 1.82) is 0 Å². The van der Waals surface area contributed by atoms with Gasteiger partial charge in [0, 0.05) is 23.9 Å². The third kappa shape index (κ3) is 2.69. The number of hydrogen-bond acceptors (Lipinski definition) is 2. The van der Waals surface area contributed by atoms with Crippen molar-refractivity contribution in [1.82, 2.24) is 0 Å². The van der Waals surface area contributed by atoms with Crippen LogP contribution in [0, 0.1) is 17.5 Å². The Balaban J connectivity index is 2.28. The monoisotopic (exact) mass is 239 g/mol. The Labute approximate surface area is 95.4 Å². The second kappa shape index (κ2) is 4.37. The molecule has 0 fully saturated rings. The highest BCUT2D eigenvalue weighted by molar-refractivity contribution is 5.45. The smallest absolute Gasteiger partial charge is 0.162 e. The predicted octanol–water partition coefficient (Wildman–Crippen LogP) is 3.48. The average molecular weight is 239 g/mol. The zero-order chi connectivity index (χ0) is 12.4. The van der Waals surface area contributed by atoms with E-state index >= 15 is 0 Å². The second-order valence-electron chi connectivity index (χ2n) is 3.40. The molecule has 0 aromatic heterocycles. The van der Waals surface area contributed by atoms with Gasteiger partial charge < -0.3 is 10.5 Å². The van der Waals surface area contributed by atoms with E-state index in [4.69, 9.17) is 10.5 Å². The number of hydrogen-bond donors (Lipinski definition) is 1. The van der Waals surface area contributed by atoms with Crippen LogP contribution in [0.1, 0.15) is 0 Å². The van der Waals surface area contributed by atoms with E-state index in [1.165, 1.54) is 12.1 Å². The largest absolute Gasteiger partial charge is 0.457 e. The van der Waals surface area contributed by atoms with Crippen LogP contribution in [0.25, 0.3) is 0 Å². The molecule has 17 heavy (non-hydrogen) atoms. The first-order valence-corrected chi connectivity index (χ1v) is 4.73. The lowest BCUT2D eigenvalue weighted by Gasteiger charge is -2.06. The van der Waals surface area contributed by atoms with Crippen LogP contribution in [0.15, 0.2) is 36.4 Å². The number of halogens is 3. The zero-order valence-electron chi connectivity index (χ0n) is 8.58. The minimum absolute atomic E-state index is 0.0638. The van der Waals surface area contributed by atoms with Gasteiger partial charge >= 0.3 is 0 Å². The Morgan fingerprint density at radius 2 is 1.59 bits per heavy atom. The zero-order valence-corrected chi connectivity index (χ0v) is 8.58. The fraction of sp³-hybridized carbons (Fsp3) is 0. The first-order chi connectivity index (χ1) is 8.04. The molecule has 2 rings (SSSR count). The first-order valence-electron chi connectivity index (χ1n) is 4.73. The Morgan fingerprint density at radius 1 is 0.824 bits per heavy atom. The van der Waals surface area contributed by atoms with Crippen LogP contribution in [0.3, 0.4) is 0 Å². The molecular weight excluding hydrogens is 231 g/mol. The summed E-state index contributed by atoms with van der Waals surface area (Å²) in [5, 5.41) is 0. The molecule has 0 saturated carbocycles. The number of ether oxygens (including phenoxy) is 1. The quantitative estimate of drug-likeness (QED) is 0.814. The van der Waals surface area contributed by atoms with E-state index in [9.17, 15) is 13.2 Å². The maximum Gasteiger partial charge on any atom is 0.162 e. The van der Waals surface area contributed by atoms with Crippen molar-refractivity contribution < 1.29 is 17.9 Å². The fourth-order valence-electron chi connectivity index (χ4n) is 1.32. The van der Waals surface area contributed by atoms with Gasteiger partial charge in [-0.2, -0.15) is 0 Å². The number of nitrogens with two attached hydrogens (primary N) is 1. The van der Waals surface area contributed by atoms with Crippen molar-refractivity contribution in [2.75, 3.05) is 5.73 Å². The summed E-state index contributed by atoms with van der Waals surface area (Å²) in [4.78, 5) is 0. The van der Waals surface area contributed by atoms with Crippen molar-refractivity contribution in [2.24, 2.45) is 0 Å². The Kier molecular flexibility index (Phi) is 2.91. The minimum atomic E-state index is -1.04. The molecule has 0 aliphatic carbocycles. The van der Waals surface area contributed by atoms with E-state index < -0.39 is 17.5 Å². The van der Waals surface area contributed by atoms with Crippen LogP contribution in [0.2, 0.25) is 0 Å². The third-order valence-corrected chi connectivity index (χ3v) is 2.02. The highest BCUT2D eigenvalue weighted by Gasteiger charge is 2.05. The van der Waals surface area contributed by atoms with E-state index in [0.717, 1.165) is 24.3 Å². The van der Waals surface area contributed by atoms with Gasteiger partial charge in [-0.1, -0.05) is 0 Å². The minimum Gasteiger partial charge on any atom is -0.457 e. The van der Waals surface area contributed by atoms with Crippen molar-refractivity contribution >= 4 is 5.69 Å². The van der Waals surface area contributed by atoms with Crippen molar-refractivity contribution in [3.8, 4) is 11.5 Å². The molecule has 2 aromatic rings. The molecule has 0 bridgehead atoms. The highest BCUT2D eigenvalue weighted by atomic mass is 19.2. The molecule has 88 valence electrons. The SMILES string of the molecule is Nc1cc(F)cc(Oc2ccc(F)c(F)c2)c1. The first kappa shape index (κ1) is 11.3. The molecule has 0 amide bonds. The van der Waals surface area contributed by atoms with Crippen LogP contribution < -0.4 is 10.5 Å². The molecule has 0 heterocycles. The molecule has 0 spiro atoms. The van der Waals surface area contributed by atoms with Gasteiger partial charge in [-0.25, -0.2) is 13.2 Å². The molecular formula is C12H8F3NO. The molecule has 0 radical (unpaired) electrons. The standard InChI is InChI=1S/C12H8F3NO/c13-7-3-8(16)5-10(4-7)17-9-1-2-11(14)12(15)6-9/h1-6H,16H2. The summed E-state index contributed by atoms with van der Waals surface area (Å²) in [6.07, 6.45) is 0. The topological polar surface area (TPSA) is 35.2 Å². The maximum atomic E-state index is 13.0. The average Bonchev–Trinajstić information content (AvgIpc) is 2.22. The van der Waals surface area contributed by atoms with E-state index in [1.54, 1.807) is 0 Å². The summed E-state index contributed by atoms with van der Waals surface area (Å²) in [5.41, 5.74) is 5.60. The van der Waals surface area contributed by atoms with Gasteiger partial charge in [0.15, 0.2) is 11.6 Å². The van der Waals surface area contributed by atoms with E-state index in [0.29, 0.717) is 0 Å².